The molecule has 4 heterocycles. The highest BCUT2D eigenvalue weighted by atomic mass is 19.1. The summed E-state index contributed by atoms with van der Waals surface area (Å²) < 4.78 is 17.3. The van der Waals surface area contributed by atoms with Crippen LogP contribution >= 0.6 is 0 Å². The van der Waals surface area contributed by atoms with Gasteiger partial charge in [-0.25, -0.2) is 18.7 Å². The number of halogens is 1. The predicted molar refractivity (Wildman–Crippen MR) is 143 cm³/mol. The number of carbonyl (C=O) groups is 1. The lowest BCUT2D eigenvalue weighted by molar-refractivity contribution is -0.138. The summed E-state index contributed by atoms with van der Waals surface area (Å²) in [6.07, 6.45) is 12.3. The van der Waals surface area contributed by atoms with E-state index in [2.05, 4.69) is 14.9 Å². The minimum absolute atomic E-state index is 0.00224. The van der Waals surface area contributed by atoms with Crippen molar-refractivity contribution in [1.29, 1.82) is 0 Å². The maximum atomic E-state index is 14.1. The molecule has 4 N–H and O–H groups in total. The SMILES string of the molecule is NC=CC(=CN)CN1CCC(C(=O)N2CCC(n3c(=O)n(-c4cnccn4)c4cc(F)ccc43)CC2)CC1. The molecule has 0 atom stereocenters. The van der Waals surface area contributed by atoms with E-state index >= 15 is 0 Å². The molecule has 3 aromatic rings. The molecule has 1 aromatic carbocycles. The molecule has 2 aliphatic rings. The molecule has 2 saturated heterocycles. The summed E-state index contributed by atoms with van der Waals surface area (Å²) in [5.74, 6) is 0.113. The predicted octanol–water partition coefficient (Wildman–Crippen LogP) is 1.91. The second-order valence-corrected chi connectivity index (χ2v) is 9.89. The highest BCUT2D eigenvalue weighted by Crippen LogP contribution is 2.29. The van der Waals surface area contributed by atoms with E-state index in [4.69, 9.17) is 11.5 Å². The van der Waals surface area contributed by atoms with Crippen molar-refractivity contribution in [1.82, 2.24) is 28.9 Å². The number of rotatable bonds is 6. The number of imidazole rings is 1. The van der Waals surface area contributed by atoms with E-state index < -0.39 is 5.82 Å². The van der Waals surface area contributed by atoms with Crippen LogP contribution in [-0.4, -0.2) is 67.5 Å². The van der Waals surface area contributed by atoms with E-state index in [1.807, 2.05) is 4.90 Å². The van der Waals surface area contributed by atoms with Crippen molar-refractivity contribution in [3.8, 4) is 5.82 Å². The molecule has 38 heavy (non-hydrogen) atoms. The van der Waals surface area contributed by atoms with Crippen LogP contribution < -0.4 is 17.2 Å². The molecule has 2 aliphatic heterocycles. The van der Waals surface area contributed by atoms with E-state index in [-0.39, 0.29) is 23.6 Å². The lowest BCUT2D eigenvalue weighted by atomic mass is 9.93. The smallest absolute Gasteiger partial charge is 0.335 e. The fourth-order valence-electron chi connectivity index (χ4n) is 5.66. The molecule has 0 radical (unpaired) electrons. The van der Waals surface area contributed by atoms with Crippen molar-refractivity contribution in [3.05, 3.63) is 77.1 Å². The van der Waals surface area contributed by atoms with E-state index in [9.17, 15) is 14.0 Å². The molecule has 0 aliphatic carbocycles. The number of nitrogens with zero attached hydrogens (tertiary/aromatic N) is 6. The first kappa shape index (κ1) is 25.7. The quantitative estimate of drug-likeness (QED) is 0.475. The summed E-state index contributed by atoms with van der Waals surface area (Å²) in [5, 5.41) is 0. The normalized spacial score (nSPS) is 18.6. The first-order valence-corrected chi connectivity index (χ1v) is 13.0. The van der Waals surface area contributed by atoms with Gasteiger partial charge in [0.05, 0.1) is 17.2 Å². The number of hydrogen-bond acceptors (Lipinski definition) is 7. The largest absolute Gasteiger partial charge is 0.405 e. The van der Waals surface area contributed by atoms with Crippen molar-refractivity contribution in [2.24, 2.45) is 17.4 Å². The Bertz CT molecular complexity index is 1400. The lowest BCUT2D eigenvalue weighted by Crippen LogP contribution is -2.46. The number of likely N-dealkylation sites (tertiary alicyclic amines) is 2. The summed E-state index contributed by atoms with van der Waals surface area (Å²) in [6, 6.07) is 4.25. The monoisotopic (exact) mass is 520 g/mol. The third kappa shape index (κ3) is 5.06. The van der Waals surface area contributed by atoms with Crippen molar-refractivity contribution in [3.63, 3.8) is 0 Å². The number of carbonyl (C=O) groups excluding carboxylic acids is 1. The van der Waals surface area contributed by atoms with Gasteiger partial charge in [-0.2, -0.15) is 0 Å². The zero-order valence-corrected chi connectivity index (χ0v) is 21.2. The van der Waals surface area contributed by atoms with Gasteiger partial charge < -0.3 is 16.4 Å². The fourth-order valence-corrected chi connectivity index (χ4v) is 5.66. The molecule has 2 aromatic heterocycles. The standard InChI is InChI=1S/C27H33FN8O2/c28-21-1-2-23-24(15-21)36(25-17-31-9-10-32-25)27(38)35(23)22-6-13-34(14-7-22)26(37)20-4-11-33(12-5-20)18-19(16-30)3-8-29/h1-3,8-10,15-17,20,22H,4-7,11-14,18,29-30H2. The Hall–Kier alpha value is -3.99. The van der Waals surface area contributed by atoms with Gasteiger partial charge in [0.1, 0.15) is 5.82 Å². The van der Waals surface area contributed by atoms with Gasteiger partial charge >= 0.3 is 5.69 Å². The highest BCUT2D eigenvalue weighted by molar-refractivity contribution is 5.79. The number of aromatic nitrogens is 4. The lowest BCUT2D eigenvalue weighted by Gasteiger charge is -2.37. The Morgan fingerprint density at radius 2 is 1.82 bits per heavy atom. The Morgan fingerprint density at radius 3 is 2.47 bits per heavy atom. The van der Waals surface area contributed by atoms with E-state index in [0.29, 0.717) is 42.8 Å². The minimum atomic E-state index is -0.426. The molecule has 200 valence electrons. The first-order valence-electron chi connectivity index (χ1n) is 13.0. The summed E-state index contributed by atoms with van der Waals surface area (Å²) in [6.45, 7) is 3.54. The van der Waals surface area contributed by atoms with Crippen molar-refractivity contribution in [2.45, 2.75) is 31.7 Å². The van der Waals surface area contributed by atoms with Gasteiger partial charge in [0, 0.05) is 50.1 Å². The molecular formula is C27H33FN8O2. The maximum absolute atomic E-state index is 14.1. The number of benzene rings is 1. The first-order chi connectivity index (χ1) is 18.5. The zero-order chi connectivity index (χ0) is 26.6. The summed E-state index contributed by atoms with van der Waals surface area (Å²) in [5.41, 5.74) is 12.9. The number of fused-ring (bicyclic) bond motifs is 1. The molecule has 0 unspecified atom stereocenters. The van der Waals surface area contributed by atoms with Crippen molar-refractivity contribution < 1.29 is 9.18 Å². The van der Waals surface area contributed by atoms with Gasteiger partial charge in [0.2, 0.25) is 5.91 Å². The average molecular weight is 521 g/mol. The van der Waals surface area contributed by atoms with Gasteiger partial charge in [-0.15, -0.1) is 0 Å². The van der Waals surface area contributed by atoms with Crippen LogP contribution in [0.25, 0.3) is 16.9 Å². The summed E-state index contributed by atoms with van der Waals surface area (Å²) in [7, 11) is 0. The summed E-state index contributed by atoms with van der Waals surface area (Å²) >= 11 is 0. The second-order valence-electron chi connectivity index (χ2n) is 9.89. The third-order valence-corrected chi connectivity index (χ3v) is 7.62. The van der Waals surface area contributed by atoms with Crippen LogP contribution in [-0.2, 0) is 4.79 Å². The van der Waals surface area contributed by atoms with Crippen LogP contribution in [0.1, 0.15) is 31.7 Å². The van der Waals surface area contributed by atoms with E-state index in [1.54, 1.807) is 22.9 Å². The highest BCUT2D eigenvalue weighted by Gasteiger charge is 2.32. The van der Waals surface area contributed by atoms with Crippen molar-refractivity contribution in [2.75, 3.05) is 32.7 Å². The topological polar surface area (TPSA) is 128 Å². The van der Waals surface area contributed by atoms with E-state index in [0.717, 1.165) is 38.0 Å². The molecule has 0 spiro atoms. The fraction of sp³-hybridized carbons (Fsp3) is 0.407. The third-order valence-electron chi connectivity index (χ3n) is 7.62. The molecule has 5 rings (SSSR count). The summed E-state index contributed by atoms with van der Waals surface area (Å²) in [4.78, 5) is 39.4. The van der Waals surface area contributed by atoms with Crippen LogP contribution in [0, 0.1) is 11.7 Å². The molecule has 1 amide bonds. The number of hydrogen-bond donors (Lipinski definition) is 2. The maximum Gasteiger partial charge on any atom is 0.335 e. The molecule has 11 heteroatoms. The Labute approximate surface area is 220 Å². The van der Waals surface area contributed by atoms with Gasteiger partial charge in [-0.1, -0.05) is 0 Å². The zero-order valence-electron chi connectivity index (χ0n) is 21.2. The number of piperidine rings is 2. The molecule has 2 fully saturated rings. The van der Waals surface area contributed by atoms with Crippen LogP contribution in [0.4, 0.5) is 4.39 Å². The van der Waals surface area contributed by atoms with Crippen LogP contribution in [0.15, 0.2) is 65.6 Å². The second kappa shape index (κ2) is 11.2. The molecule has 0 bridgehead atoms. The van der Waals surface area contributed by atoms with Gasteiger partial charge in [-0.05, 0) is 75.0 Å². The Kier molecular flexibility index (Phi) is 7.54. The van der Waals surface area contributed by atoms with Crippen molar-refractivity contribution >= 4 is 16.9 Å². The number of amides is 1. The Balaban J connectivity index is 1.26. The van der Waals surface area contributed by atoms with Gasteiger partial charge in [0.15, 0.2) is 5.82 Å². The Morgan fingerprint density at radius 1 is 1.05 bits per heavy atom. The van der Waals surface area contributed by atoms with Crippen LogP contribution in [0.3, 0.4) is 0 Å². The molecule has 0 saturated carbocycles. The molecule has 10 nitrogen and oxygen atoms in total. The van der Waals surface area contributed by atoms with E-state index in [1.165, 1.54) is 41.5 Å². The average Bonchev–Trinajstić information content (AvgIpc) is 3.24. The van der Waals surface area contributed by atoms with Gasteiger partial charge in [-0.3, -0.25) is 19.2 Å². The molecular weight excluding hydrogens is 487 g/mol. The van der Waals surface area contributed by atoms with Crippen LogP contribution in [0.5, 0.6) is 0 Å². The minimum Gasteiger partial charge on any atom is -0.405 e. The number of nitrogens with two attached hydrogens (primary N) is 2. The van der Waals surface area contributed by atoms with Crippen LogP contribution in [0.2, 0.25) is 0 Å². The van der Waals surface area contributed by atoms with Gasteiger partial charge in [0.25, 0.3) is 0 Å².